The summed E-state index contributed by atoms with van der Waals surface area (Å²) in [5.41, 5.74) is -0.980. The number of urea groups is 1. The van der Waals surface area contributed by atoms with E-state index in [9.17, 15) is 14.4 Å². The topological polar surface area (TPSA) is 69.7 Å². The molecule has 1 heterocycles. The van der Waals surface area contributed by atoms with E-state index in [1.54, 1.807) is 0 Å². The first-order valence-corrected chi connectivity index (χ1v) is 7.85. The Labute approximate surface area is 124 Å². The van der Waals surface area contributed by atoms with Crippen LogP contribution in [0.5, 0.6) is 0 Å². The molecule has 116 valence electrons. The third kappa shape index (κ3) is 2.35. The van der Waals surface area contributed by atoms with Crippen LogP contribution in [0.3, 0.4) is 0 Å². The summed E-state index contributed by atoms with van der Waals surface area (Å²) in [5.74, 6) is -0.681. The Bertz CT molecular complexity index is 481. The highest BCUT2D eigenvalue weighted by molar-refractivity contribution is 6.19. The molecular formula is C15H23N3O3. The molecule has 1 N–H and O–H groups in total. The van der Waals surface area contributed by atoms with E-state index >= 15 is 0 Å². The van der Waals surface area contributed by atoms with Gasteiger partial charge in [-0.15, -0.1) is 0 Å². The van der Waals surface area contributed by atoms with Crippen molar-refractivity contribution < 1.29 is 14.4 Å². The predicted molar refractivity (Wildman–Crippen MR) is 76.4 cm³/mol. The summed E-state index contributed by atoms with van der Waals surface area (Å²) in [6.07, 6.45) is 5.24. The minimum atomic E-state index is -0.980. The van der Waals surface area contributed by atoms with E-state index in [1.807, 2.05) is 14.0 Å². The molecule has 0 radical (unpaired) electrons. The zero-order chi connectivity index (χ0) is 15.2. The molecule has 1 spiro atoms. The maximum atomic E-state index is 12.7. The van der Waals surface area contributed by atoms with E-state index in [0.29, 0.717) is 25.4 Å². The molecule has 1 saturated heterocycles. The summed E-state index contributed by atoms with van der Waals surface area (Å²) < 4.78 is 0. The van der Waals surface area contributed by atoms with Crippen molar-refractivity contribution in [3.63, 3.8) is 0 Å². The number of carbonyl (C=O) groups excluding carboxylic acids is 3. The van der Waals surface area contributed by atoms with Gasteiger partial charge in [0.25, 0.3) is 0 Å². The Morgan fingerprint density at radius 1 is 1.29 bits per heavy atom. The number of rotatable bonds is 4. The minimum absolute atomic E-state index is 0.110. The van der Waals surface area contributed by atoms with Crippen LogP contribution >= 0.6 is 0 Å². The molecular weight excluding hydrogens is 270 g/mol. The number of likely N-dealkylation sites (N-methyl/N-ethyl adjacent to an activating group) is 1. The maximum absolute atomic E-state index is 12.7. The summed E-state index contributed by atoms with van der Waals surface area (Å²) in [5, 5.41) is 2.39. The molecule has 2 saturated carbocycles. The molecule has 0 aromatic rings. The smallest absolute Gasteiger partial charge is 0.299 e. The fourth-order valence-electron chi connectivity index (χ4n) is 3.55. The standard InChI is InChI=1S/C15H23N3O3/c1-10(17(2)11-5-6-11)9-18-13(20)15(7-3-4-8-15)12(19)16-14(18)21/h10-11H,3-9H2,1-2H3,(H,16,19,21). The number of hydrogen-bond donors (Lipinski definition) is 1. The Morgan fingerprint density at radius 3 is 2.48 bits per heavy atom. The predicted octanol–water partition coefficient (Wildman–Crippen LogP) is 1.11. The molecule has 3 aliphatic rings. The Balaban J connectivity index is 1.75. The van der Waals surface area contributed by atoms with Crippen LogP contribution in [0.1, 0.15) is 45.4 Å². The molecule has 0 bridgehead atoms. The minimum Gasteiger partial charge on any atom is -0.299 e. The number of barbiturate groups is 1. The molecule has 1 unspecified atom stereocenters. The van der Waals surface area contributed by atoms with Crippen LogP contribution in [0, 0.1) is 5.41 Å². The number of nitrogens with one attached hydrogen (secondary N) is 1. The van der Waals surface area contributed by atoms with E-state index in [4.69, 9.17) is 0 Å². The third-order valence-electron chi connectivity index (χ3n) is 5.28. The zero-order valence-electron chi connectivity index (χ0n) is 12.7. The van der Waals surface area contributed by atoms with Gasteiger partial charge in [-0.05, 0) is 39.7 Å². The molecule has 4 amide bonds. The number of carbonyl (C=O) groups is 3. The van der Waals surface area contributed by atoms with Crippen molar-refractivity contribution in [2.45, 2.75) is 57.5 Å². The van der Waals surface area contributed by atoms with Crippen LogP contribution in [0.25, 0.3) is 0 Å². The lowest BCUT2D eigenvalue weighted by Gasteiger charge is -2.39. The first kappa shape index (κ1) is 14.5. The summed E-state index contributed by atoms with van der Waals surface area (Å²) in [6, 6.07) is 0.127. The first-order chi connectivity index (χ1) is 9.95. The zero-order valence-corrected chi connectivity index (χ0v) is 12.7. The lowest BCUT2D eigenvalue weighted by Crippen LogP contribution is -2.64. The van der Waals surface area contributed by atoms with E-state index in [2.05, 4.69) is 10.2 Å². The van der Waals surface area contributed by atoms with Gasteiger partial charge < -0.3 is 0 Å². The molecule has 3 rings (SSSR count). The maximum Gasteiger partial charge on any atom is 0.330 e. The van der Waals surface area contributed by atoms with Crippen molar-refractivity contribution in [2.24, 2.45) is 5.41 Å². The second-order valence-corrected chi connectivity index (χ2v) is 6.71. The monoisotopic (exact) mass is 293 g/mol. The van der Waals surface area contributed by atoms with E-state index in [0.717, 1.165) is 12.8 Å². The molecule has 0 aromatic carbocycles. The van der Waals surface area contributed by atoms with Crippen molar-refractivity contribution in [1.29, 1.82) is 0 Å². The van der Waals surface area contributed by atoms with Gasteiger partial charge in [-0.1, -0.05) is 12.8 Å². The van der Waals surface area contributed by atoms with E-state index < -0.39 is 17.4 Å². The van der Waals surface area contributed by atoms with Crippen molar-refractivity contribution in [1.82, 2.24) is 15.1 Å². The summed E-state index contributed by atoms with van der Waals surface area (Å²) in [4.78, 5) is 40.4. The van der Waals surface area contributed by atoms with Gasteiger partial charge in [0.15, 0.2) is 0 Å². The Morgan fingerprint density at radius 2 is 1.90 bits per heavy atom. The molecule has 3 fully saturated rings. The normalized spacial score (nSPS) is 26.6. The first-order valence-electron chi connectivity index (χ1n) is 7.85. The van der Waals surface area contributed by atoms with Crippen molar-refractivity contribution in [3.05, 3.63) is 0 Å². The second-order valence-electron chi connectivity index (χ2n) is 6.71. The van der Waals surface area contributed by atoms with Gasteiger partial charge in [-0.3, -0.25) is 24.7 Å². The average Bonchev–Trinajstić information content (AvgIpc) is 3.18. The molecule has 6 heteroatoms. The number of amides is 4. The van der Waals surface area contributed by atoms with Gasteiger partial charge in [0.05, 0.1) is 0 Å². The highest BCUT2D eigenvalue weighted by atomic mass is 16.2. The lowest BCUT2D eigenvalue weighted by molar-refractivity contribution is -0.151. The Kier molecular flexibility index (Phi) is 3.51. The van der Waals surface area contributed by atoms with Crippen LogP contribution in [-0.4, -0.2) is 53.3 Å². The van der Waals surface area contributed by atoms with Crippen LogP contribution in [0.4, 0.5) is 4.79 Å². The SMILES string of the molecule is CC(CN1C(=O)NC(=O)C2(CCCC2)C1=O)N(C)C1CC1. The van der Waals surface area contributed by atoms with Crippen LogP contribution in [0.2, 0.25) is 0 Å². The van der Waals surface area contributed by atoms with Crippen molar-refractivity contribution in [3.8, 4) is 0 Å². The molecule has 1 aliphatic heterocycles. The summed E-state index contributed by atoms with van der Waals surface area (Å²) in [6.45, 7) is 2.38. The van der Waals surface area contributed by atoms with Crippen LogP contribution < -0.4 is 5.32 Å². The lowest BCUT2D eigenvalue weighted by atomic mass is 9.82. The molecule has 1 atom stereocenters. The quantitative estimate of drug-likeness (QED) is 0.788. The summed E-state index contributed by atoms with van der Waals surface area (Å²) >= 11 is 0. The molecule has 0 aromatic heterocycles. The van der Waals surface area contributed by atoms with Gasteiger partial charge in [0, 0.05) is 18.6 Å². The fourth-order valence-corrected chi connectivity index (χ4v) is 3.55. The van der Waals surface area contributed by atoms with Gasteiger partial charge in [-0.2, -0.15) is 0 Å². The van der Waals surface area contributed by atoms with E-state index in [1.165, 1.54) is 17.7 Å². The number of nitrogens with zero attached hydrogens (tertiary/aromatic N) is 2. The fraction of sp³-hybridized carbons (Fsp3) is 0.800. The van der Waals surface area contributed by atoms with Gasteiger partial charge >= 0.3 is 6.03 Å². The van der Waals surface area contributed by atoms with Gasteiger partial charge in [0.1, 0.15) is 5.41 Å². The Hall–Kier alpha value is -1.43. The van der Waals surface area contributed by atoms with Gasteiger partial charge in [0.2, 0.25) is 11.8 Å². The van der Waals surface area contributed by atoms with Crippen molar-refractivity contribution in [2.75, 3.05) is 13.6 Å². The third-order valence-corrected chi connectivity index (χ3v) is 5.28. The molecule has 2 aliphatic carbocycles. The average molecular weight is 293 g/mol. The van der Waals surface area contributed by atoms with Crippen LogP contribution in [0.15, 0.2) is 0 Å². The highest BCUT2D eigenvalue weighted by Gasteiger charge is 2.55. The van der Waals surface area contributed by atoms with Gasteiger partial charge in [-0.25, -0.2) is 4.79 Å². The van der Waals surface area contributed by atoms with E-state index in [-0.39, 0.29) is 11.9 Å². The second kappa shape index (κ2) is 5.09. The summed E-state index contributed by atoms with van der Waals surface area (Å²) in [7, 11) is 2.03. The van der Waals surface area contributed by atoms with Crippen LogP contribution in [-0.2, 0) is 9.59 Å². The highest BCUT2D eigenvalue weighted by Crippen LogP contribution is 2.41. The molecule has 6 nitrogen and oxygen atoms in total. The molecule has 21 heavy (non-hydrogen) atoms. The largest absolute Gasteiger partial charge is 0.330 e. The number of imide groups is 2. The number of hydrogen-bond acceptors (Lipinski definition) is 4. The van der Waals surface area contributed by atoms with Crippen molar-refractivity contribution >= 4 is 17.8 Å².